The smallest absolute Gasteiger partial charge is 0.298 e. The van der Waals surface area contributed by atoms with Gasteiger partial charge in [0, 0.05) is 6.54 Å². The predicted octanol–water partition coefficient (Wildman–Crippen LogP) is 2.78. The van der Waals surface area contributed by atoms with E-state index in [4.69, 9.17) is 9.47 Å². The van der Waals surface area contributed by atoms with Crippen molar-refractivity contribution in [2.75, 3.05) is 45.3 Å². The lowest BCUT2D eigenvalue weighted by atomic mass is 10.2. The molecule has 0 saturated heterocycles. The number of amides is 1. The fraction of sp³-hybridized carbons (Fsp3) is 0.444. The number of thiazole rings is 1. The molecule has 0 atom stereocenters. The monoisotopic (exact) mass is 361 g/mol. The molecule has 0 aliphatic carbocycles. The second-order valence-corrected chi connectivity index (χ2v) is 7.29. The Morgan fingerprint density at radius 3 is 2.84 bits per heavy atom. The first kappa shape index (κ1) is 17.7. The van der Waals surface area contributed by atoms with E-state index in [1.54, 1.807) is 4.90 Å². The van der Waals surface area contributed by atoms with E-state index in [-0.39, 0.29) is 11.7 Å². The predicted molar refractivity (Wildman–Crippen MR) is 99.9 cm³/mol. The maximum absolute atomic E-state index is 12.9. The molecule has 6 nitrogen and oxygen atoms in total. The fourth-order valence-electron chi connectivity index (χ4n) is 2.58. The number of rotatable bonds is 6. The van der Waals surface area contributed by atoms with E-state index >= 15 is 0 Å². The van der Waals surface area contributed by atoms with Crippen LogP contribution < -0.4 is 4.90 Å². The molecule has 3 rings (SSSR count). The van der Waals surface area contributed by atoms with Gasteiger partial charge in [-0.1, -0.05) is 17.4 Å². The van der Waals surface area contributed by atoms with Gasteiger partial charge < -0.3 is 14.4 Å². The Morgan fingerprint density at radius 2 is 2.12 bits per heavy atom. The summed E-state index contributed by atoms with van der Waals surface area (Å²) in [5.41, 5.74) is 2.09. The summed E-state index contributed by atoms with van der Waals surface area (Å²) < 4.78 is 11.8. The van der Waals surface area contributed by atoms with E-state index in [0.717, 1.165) is 23.2 Å². The van der Waals surface area contributed by atoms with Gasteiger partial charge in [0.05, 0.1) is 10.2 Å². The quantitative estimate of drug-likeness (QED) is 0.792. The van der Waals surface area contributed by atoms with Crippen LogP contribution in [0.5, 0.6) is 0 Å². The molecule has 1 aromatic heterocycles. The maximum Gasteiger partial charge on any atom is 0.298 e. The van der Waals surface area contributed by atoms with E-state index in [2.05, 4.69) is 22.9 Å². The molecule has 1 aliphatic heterocycles. The van der Waals surface area contributed by atoms with Gasteiger partial charge in [0.25, 0.3) is 5.91 Å². The van der Waals surface area contributed by atoms with Crippen LogP contribution in [0, 0.1) is 6.92 Å². The van der Waals surface area contributed by atoms with Crippen molar-refractivity contribution in [2.45, 2.75) is 13.3 Å². The second kappa shape index (κ2) is 7.84. The average Bonchev–Trinajstić information content (AvgIpc) is 3.01. The number of nitrogens with zero attached hydrogens (tertiary/aromatic N) is 3. The molecular weight excluding hydrogens is 338 g/mol. The highest BCUT2D eigenvalue weighted by Crippen LogP contribution is 2.30. The average molecular weight is 361 g/mol. The van der Waals surface area contributed by atoms with E-state index in [9.17, 15) is 4.79 Å². The Kier molecular flexibility index (Phi) is 5.55. The van der Waals surface area contributed by atoms with Gasteiger partial charge >= 0.3 is 0 Å². The van der Waals surface area contributed by atoms with Gasteiger partial charge in [0.2, 0.25) is 5.76 Å². The van der Waals surface area contributed by atoms with Crippen molar-refractivity contribution in [3.8, 4) is 0 Å². The van der Waals surface area contributed by atoms with Gasteiger partial charge in [-0.3, -0.25) is 9.69 Å². The van der Waals surface area contributed by atoms with Crippen molar-refractivity contribution in [1.29, 1.82) is 0 Å². The Hall–Kier alpha value is -2.12. The van der Waals surface area contributed by atoms with Crippen molar-refractivity contribution < 1.29 is 14.3 Å². The Labute approximate surface area is 151 Å². The third-order valence-corrected chi connectivity index (χ3v) is 4.90. The molecule has 0 spiro atoms. The zero-order chi connectivity index (χ0) is 17.8. The zero-order valence-corrected chi connectivity index (χ0v) is 15.6. The van der Waals surface area contributed by atoms with Gasteiger partial charge in [-0.15, -0.1) is 0 Å². The molecule has 0 unspecified atom stereocenters. The lowest BCUT2D eigenvalue weighted by Crippen LogP contribution is -2.36. The number of carbonyl (C=O) groups is 1. The third-order valence-electron chi connectivity index (χ3n) is 3.86. The van der Waals surface area contributed by atoms with Crippen LogP contribution in [0.1, 0.15) is 12.0 Å². The van der Waals surface area contributed by atoms with Crippen LogP contribution in [0.4, 0.5) is 5.13 Å². The highest BCUT2D eigenvalue weighted by Gasteiger charge is 2.26. The Morgan fingerprint density at radius 1 is 1.28 bits per heavy atom. The van der Waals surface area contributed by atoms with Gasteiger partial charge in [-0.05, 0) is 51.7 Å². The lowest BCUT2D eigenvalue weighted by Gasteiger charge is -2.23. The number of hydrogen-bond acceptors (Lipinski definition) is 6. The van der Waals surface area contributed by atoms with E-state index < -0.39 is 0 Å². The summed E-state index contributed by atoms with van der Waals surface area (Å²) in [5, 5.41) is 0.694. The van der Waals surface area contributed by atoms with Crippen LogP contribution in [0.15, 0.2) is 30.2 Å². The largest absolute Gasteiger partial charge is 0.494 e. The number of anilines is 1. The molecule has 2 heterocycles. The van der Waals surface area contributed by atoms with Crippen LogP contribution in [0.3, 0.4) is 0 Å². The van der Waals surface area contributed by atoms with E-state index in [0.29, 0.717) is 24.9 Å². The van der Waals surface area contributed by atoms with Crippen molar-refractivity contribution in [1.82, 2.24) is 9.88 Å². The standard InChI is InChI=1S/C18H23N3O3S/c1-13-5-6-14-16(11-13)25-18(19-14)21(8-4-7-20(2)3)17(22)15-12-23-9-10-24-15/h5-6,11-12H,4,7-10H2,1-3H3. The second-order valence-electron chi connectivity index (χ2n) is 6.28. The fourth-order valence-corrected chi connectivity index (χ4v) is 3.67. The third kappa shape index (κ3) is 4.29. The molecule has 0 saturated carbocycles. The van der Waals surface area contributed by atoms with Crippen molar-refractivity contribution in [3.63, 3.8) is 0 Å². The van der Waals surface area contributed by atoms with Crippen molar-refractivity contribution in [3.05, 3.63) is 35.8 Å². The van der Waals surface area contributed by atoms with Crippen LogP contribution in [-0.4, -0.2) is 56.2 Å². The Bertz CT molecular complexity index is 785. The van der Waals surface area contributed by atoms with E-state index in [1.165, 1.54) is 23.2 Å². The Balaban J connectivity index is 1.88. The summed E-state index contributed by atoms with van der Waals surface area (Å²) in [6, 6.07) is 6.12. The van der Waals surface area contributed by atoms with Gasteiger partial charge in [0.1, 0.15) is 19.5 Å². The minimum atomic E-state index is -0.200. The number of aryl methyl sites for hydroxylation is 1. The minimum Gasteiger partial charge on any atom is -0.494 e. The molecule has 0 fully saturated rings. The number of fused-ring (bicyclic) bond motifs is 1. The number of ether oxygens (including phenoxy) is 2. The molecule has 1 aromatic carbocycles. The van der Waals surface area contributed by atoms with Crippen LogP contribution in [-0.2, 0) is 14.3 Å². The van der Waals surface area contributed by atoms with Crippen molar-refractivity contribution >= 4 is 32.6 Å². The molecule has 134 valence electrons. The first-order valence-electron chi connectivity index (χ1n) is 8.33. The summed E-state index contributed by atoms with van der Waals surface area (Å²) >= 11 is 1.53. The highest BCUT2D eigenvalue weighted by atomic mass is 32.1. The van der Waals surface area contributed by atoms with Crippen molar-refractivity contribution in [2.24, 2.45) is 0 Å². The van der Waals surface area contributed by atoms with Gasteiger partial charge in [0.15, 0.2) is 5.13 Å². The molecule has 7 heteroatoms. The summed E-state index contributed by atoms with van der Waals surface area (Å²) in [6.45, 7) is 4.39. The molecule has 0 bridgehead atoms. The maximum atomic E-state index is 12.9. The summed E-state index contributed by atoms with van der Waals surface area (Å²) in [5.74, 6) is 0.0424. The first-order chi connectivity index (χ1) is 12.0. The lowest BCUT2D eigenvalue weighted by molar-refractivity contribution is -0.119. The highest BCUT2D eigenvalue weighted by molar-refractivity contribution is 7.22. The summed E-state index contributed by atoms with van der Waals surface area (Å²) in [6.07, 6.45) is 2.25. The summed E-state index contributed by atoms with van der Waals surface area (Å²) in [4.78, 5) is 21.4. The van der Waals surface area contributed by atoms with Crippen LogP contribution >= 0.6 is 11.3 Å². The minimum absolute atomic E-state index is 0.200. The number of hydrogen-bond donors (Lipinski definition) is 0. The van der Waals surface area contributed by atoms with Gasteiger partial charge in [-0.2, -0.15) is 0 Å². The summed E-state index contributed by atoms with van der Waals surface area (Å²) in [7, 11) is 4.04. The topological polar surface area (TPSA) is 54.9 Å². The molecule has 1 aliphatic rings. The first-order valence-corrected chi connectivity index (χ1v) is 9.14. The zero-order valence-electron chi connectivity index (χ0n) is 14.8. The van der Waals surface area contributed by atoms with E-state index in [1.807, 2.05) is 26.2 Å². The number of aromatic nitrogens is 1. The SMILES string of the molecule is Cc1ccc2nc(N(CCCN(C)C)C(=O)C3=COCCO3)sc2c1. The number of carbonyl (C=O) groups excluding carboxylic acids is 1. The number of benzene rings is 1. The normalized spacial score (nSPS) is 14.2. The molecule has 25 heavy (non-hydrogen) atoms. The molecule has 0 N–H and O–H groups in total. The van der Waals surface area contributed by atoms with Crippen LogP contribution in [0.25, 0.3) is 10.2 Å². The van der Waals surface area contributed by atoms with Crippen LogP contribution in [0.2, 0.25) is 0 Å². The molecular formula is C18H23N3O3S. The molecule has 1 amide bonds. The molecule has 2 aromatic rings. The van der Waals surface area contributed by atoms with Gasteiger partial charge in [-0.25, -0.2) is 4.98 Å². The molecule has 0 radical (unpaired) electrons.